The molecule has 0 bridgehead atoms. The van der Waals surface area contributed by atoms with E-state index in [0.717, 1.165) is 6.42 Å². The van der Waals surface area contributed by atoms with Gasteiger partial charge in [0.2, 0.25) is 0 Å². The number of nitrogens with zero attached hydrogens (tertiary/aromatic N) is 1. The Morgan fingerprint density at radius 1 is 1.77 bits per heavy atom. The van der Waals surface area contributed by atoms with Crippen LogP contribution in [-0.2, 0) is 0 Å². The molecule has 0 radical (unpaired) electrons. The first-order chi connectivity index (χ1) is 6.15. The first-order valence-corrected chi connectivity index (χ1v) is 4.37. The van der Waals surface area contributed by atoms with Gasteiger partial charge in [-0.05, 0) is 20.3 Å². The molecule has 0 saturated heterocycles. The standard InChI is InChI=1S/C9H14N2O2/c1-4-6(2)10-9(12)8-5-13-11-7(8)3/h5-6H,4H2,1-3H3,(H,10,12). The average Bonchev–Trinajstić information content (AvgIpc) is 2.51. The van der Waals surface area contributed by atoms with E-state index in [2.05, 4.69) is 15.0 Å². The quantitative estimate of drug-likeness (QED) is 0.770. The minimum Gasteiger partial charge on any atom is -0.364 e. The van der Waals surface area contributed by atoms with Crippen molar-refractivity contribution in [3.8, 4) is 0 Å². The topological polar surface area (TPSA) is 55.1 Å². The van der Waals surface area contributed by atoms with Gasteiger partial charge in [-0.3, -0.25) is 4.79 Å². The molecule has 72 valence electrons. The average molecular weight is 182 g/mol. The van der Waals surface area contributed by atoms with Crippen LogP contribution in [0.5, 0.6) is 0 Å². The molecule has 13 heavy (non-hydrogen) atoms. The predicted molar refractivity (Wildman–Crippen MR) is 48.5 cm³/mol. The van der Waals surface area contributed by atoms with Crippen molar-refractivity contribution in [1.82, 2.24) is 10.5 Å². The van der Waals surface area contributed by atoms with E-state index in [1.807, 2.05) is 13.8 Å². The second-order valence-corrected chi connectivity index (χ2v) is 3.10. The van der Waals surface area contributed by atoms with Crippen LogP contribution in [0.4, 0.5) is 0 Å². The van der Waals surface area contributed by atoms with Gasteiger partial charge in [0.25, 0.3) is 5.91 Å². The van der Waals surface area contributed by atoms with E-state index in [0.29, 0.717) is 11.3 Å². The summed E-state index contributed by atoms with van der Waals surface area (Å²) in [6, 6.07) is 0.182. The highest BCUT2D eigenvalue weighted by atomic mass is 16.5. The number of aryl methyl sites for hydroxylation is 1. The molecule has 0 aromatic carbocycles. The third-order valence-electron chi connectivity index (χ3n) is 1.98. The van der Waals surface area contributed by atoms with Crippen LogP contribution >= 0.6 is 0 Å². The Bertz CT molecular complexity index is 294. The van der Waals surface area contributed by atoms with Crippen LogP contribution in [0.2, 0.25) is 0 Å². The molecule has 0 fully saturated rings. The van der Waals surface area contributed by atoms with Crippen LogP contribution in [0.15, 0.2) is 10.8 Å². The summed E-state index contributed by atoms with van der Waals surface area (Å²) in [5.41, 5.74) is 1.14. The van der Waals surface area contributed by atoms with Crippen LogP contribution in [0.1, 0.15) is 36.3 Å². The van der Waals surface area contributed by atoms with Gasteiger partial charge in [0.1, 0.15) is 11.8 Å². The zero-order valence-corrected chi connectivity index (χ0v) is 8.13. The van der Waals surface area contributed by atoms with E-state index in [9.17, 15) is 4.79 Å². The van der Waals surface area contributed by atoms with E-state index in [4.69, 9.17) is 0 Å². The molecule has 1 aromatic heterocycles. The summed E-state index contributed by atoms with van der Waals surface area (Å²) in [5.74, 6) is -0.117. The van der Waals surface area contributed by atoms with Crippen LogP contribution in [0.25, 0.3) is 0 Å². The fourth-order valence-electron chi connectivity index (χ4n) is 0.914. The Morgan fingerprint density at radius 3 is 2.92 bits per heavy atom. The largest absolute Gasteiger partial charge is 0.364 e. The summed E-state index contributed by atoms with van der Waals surface area (Å²) in [5, 5.41) is 6.47. The van der Waals surface area contributed by atoms with Crippen molar-refractivity contribution < 1.29 is 9.32 Å². The number of nitrogens with one attached hydrogen (secondary N) is 1. The lowest BCUT2D eigenvalue weighted by atomic mass is 10.2. The normalized spacial score (nSPS) is 12.5. The third-order valence-corrected chi connectivity index (χ3v) is 1.98. The van der Waals surface area contributed by atoms with Crippen molar-refractivity contribution in [2.45, 2.75) is 33.2 Å². The van der Waals surface area contributed by atoms with Gasteiger partial charge in [-0.15, -0.1) is 0 Å². The fraction of sp³-hybridized carbons (Fsp3) is 0.556. The van der Waals surface area contributed by atoms with E-state index < -0.39 is 0 Å². The molecule has 4 nitrogen and oxygen atoms in total. The van der Waals surface area contributed by atoms with Crippen LogP contribution in [0, 0.1) is 6.92 Å². The van der Waals surface area contributed by atoms with Crippen LogP contribution < -0.4 is 5.32 Å². The maximum absolute atomic E-state index is 11.5. The van der Waals surface area contributed by atoms with Crippen LogP contribution in [-0.4, -0.2) is 17.1 Å². The number of rotatable bonds is 3. The summed E-state index contributed by atoms with van der Waals surface area (Å²) in [7, 11) is 0. The lowest BCUT2D eigenvalue weighted by Gasteiger charge is -2.09. The summed E-state index contributed by atoms with van der Waals surface area (Å²) in [4.78, 5) is 11.5. The van der Waals surface area contributed by atoms with Gasteiger partial charge in [-0.25, -0.2) is 0 Å². The molecular weight excluding hydrogens is 168 g/mol. The molecule has 1 heterocycles. The molecule has 1 amide bonds. The van der Waals surface area contributed by atoms with Crippen molar-refractivity contribution in [2.75, 3.05) is 0 Å². The molecule has 0 spiro atoms. The molecule has 0 aliphatic rings. The van der Waals surface area contributed by atoms with Gasteiger partial charge in [0.15, 0.2) is 0 Å². The smallest absolute Gasteiger partial charge is 0.256 e. The lowest BCUT2D eigenvalue weighted by molar-refractivity contribution is 0.0938. The fourth-order valence-corrected chi connectivity index (χ4v) is 0.914. The SMILES string of the molecule is CCC(C)NC(=O)c1conc1C. The second kappa shape index (κ2) is 4.07. The highest BCUT2D eigenvalue weighted by Crippen LogP contribution is 2.05. The van der Waals surface area contributed by atoms with Gasteiger partial charge < -0.3 is 9.84 Å². The van der Waals surface area contributed by atoms with Gasteiger partial charge in [-0.2, -0.15) is 0 Å². The van der Waals surface area contributed by atoms with Crippen molar-refractivity contribution in [1.29, 1.82) is 0 Å². The van der Waals surface area contributed by atoms with Crippen molar-refractivity contribution in [3.05, 3.63) is 17.5 Å². The number of hydrogen-bond acceptors (Lipinski definition) is 3. The third kappa shape index (κ3) is 2.31. The summed E-state index contributed by atoms with van der Waals surface area (Å²) in [6.07, 6.45) is 2.28. The number of aromatic nitrogens is 1. The summed E-state index contributed by atoms with van der Waals surface area (Å²) >= 11 is 0. The first-order valence-electron chi connectivity index (χ1n) is 4.37. The van der Waals surface area contributed by atoms with Gasteiger partial charge in [0.05, 0.1) is 5.69 Å². The molecule has 1 unspecified atom stereocenters. The highest BCUT2D eigenvalue weighted by molar-refractivity contribution is 5.94. The second-order valence-electron chi connectivity index (χ2n) is 3.10. The van der Waals surface area contributed by atoms with Gasteiger partial charge in [-0.1, -0.05) is 12.1 Å². The number of hydrogen-bond donors (Lipinski definition) is 1. The Morgan fingerprint density at radius 2 is 2.46 bits per heavy atom. The number of amides is 1. The van der Waals surface area contributed by atoms with Crippen molar-refractivity contribution >= 4 is 5.91 Å². The first kappa shape index (κ1) is 9.77. The lowest BCUT2D eigenvalue weighted by Crippen LogP contribution is -2.32. The number of carbonyl (C=O) groups excluding carboxylic acids is 1. The van der Waals surface area contributed by atoms with Crippen LogP contribution in [0.3, 0.4) is 0 Å². The van der Waals surface area contributed by atoms with E-state index in [1.165, 1.54) is 6.26 Å². The van der Waals surface area contributed by atoms with E-state index >= 15 is 0 Å². The Labute approximate surface area is 77.3 Å². The maximum Gasteiger partial charge on any atom is 0.256 e. The summed E-state index contributed by atoms with van der Waals surface area (Å²) < 4.78 is 4.67. The highest BCUT2D eigenvalue weighted by Gasteiger charge is 2.13. The molecule has 1 atom stereocenters. The van der Waals surface area contributed by atoms with Gasteiger partial charge >= 0.3 is 0 Å². The minimum absolute atomic E-state index is 0.117. The van der Waals surface area contributed by atoms with E-state index in [-0.39, 0.29) is 11.9 Å². The monoisotopic (exact) mass is 182 g/mol. The zero-order chi connectivity index (χ0) is 9.84. The molecule has 4 heteroatoms. The van der Waals surface area contributed by atoms with Gasteiger partial charge in [0, 0.05) is 6.04 Å². The molecular formula is C9H14N2O2. The molecule has 1 aromatic rings. The minimum atomic E-state index is -0.117. The zero-order valence-electron chi connectivity index (χ0n) is 8.13. The summed E-state index contributed by atoms with van der Waals surface area (Å²) in [6.45, 7) is 5.72. The van der Waals surface area contributed by atoms with Crippen molar-refractivity contribution in [3.63, 3.8) is 0 Å². The predicted octanol–water partition coefficient (Wildman–Crippen LogP) is 1.51. The Balaban J connectivity index is 2.64. The molecule has 1 N–H and O–H groups in total. The molecule has 1 rings (SSSR count). The molecule has 0 aliphatic heterocycles. The Hall–Kier alpha value is -1.32. The molecule has 0 aliphatic carbocycles. The molecule has 0 saturated carbocycles. The van der Waals surface area contributed by atoms with Crippen molar-refractivity contribution in [2.24, 2.45) is 0 Å². The number of carbonyl (C=O) groups is 1. The van der Waals surface area contributed by atoms with E-state index in [1.54, 1.807) is 6.92 Å². The Kier molecular flexibility index (Phi) is 3.06. The maximum atomic E-state index is 11.5.